The fourth-order valence-electron chi connectivity index (χ4n) is 2.00. The maximum Gasteiger partial charge on any atom is 0.133 e. The molecule has 0 radical (unpaired) electrons. The first-order valence-corrected chi connectivity index (χ1v) is 6.47. The average Bonchev–Trinajstić information content (AvgIpc) is 2.65. The molecule has 0 aliphatic heterocycles. The molecule has 5 nitrogen and oxygen atoms in total. The van der Waals surface area contributed by atoms with Gasteiger partial charge in [0.15, 0.2) is 0 Å². The zero-order valence-corrected chi connectivity index (χ0v) is 11.6. The maximum atomic E-state index is 10.5. The molecule has 18 heavy (non-hydrogen) atoms. The number of carboxylic acid groups (broad SMARTS) is 1. The van der Waals surface area contributed by atoms with Crippen LogP contribution in [-0.4, -0.2) is 55.1 Å². The Balaban J connectivity index is 0.000000321. The Bertz CT molecular complexity index is 268. The second kappa shape index (κ2) is 8.21. The first-order valence-electron chi connectivity index (χ1n) is 6.47. The van der Waals surface area contributed by atoms with Crippen molar-refractivity contribution in [1.29, 1.82) is 0 Å². The molecule has 5 heteroatoms. The maximum absolute atomic E-state index is 10.5. The van der Waals surface area contributed by atoms with Gasteiger partial charge in [-0.3, -0.25) is 4.79 Å². The van der Waals surface area contributed by atoms with E-state index in [0.717, 1.165) is 17.6 Å². The summed E-state index contributed by atoms with van der Waals surface area (Å²) in [5, 5.41) is 18.7. The second-order valence-electron chi connectivity index (χ2n) is 5.40. The van der Waals surface area contributed by atoms with E-state index in [1.807, 2.05) is 0 Å². The molecule has 106 valence electrons. The summed E-state index contributed by atoms with van der Waals surface area (Å²) in [4.78, 5) is 20.6. The van der Waals surface area contributed by atoms with Crippen LogP contribution in [0.2, 0.25) is 0 Å². The summed E-state index contributed by atoms with van der Waals surface area (Å²) in [7, 11) is 4.28. The number of hydrogen-bond acceptors (Lipinski definition) is 4. The van der Waals surface area contributed by atoms with E-state index in [2.05, 4.69) is 21.0 Å². The highest BCUT2D eigenvalue weighted by atomic mass is 16.4. The number of carbonyl (C=O) groups is 2. The van der Waals surface area contributed by atoms with Crippen LogP contribution in [0.25, 0.3) is 0 Å². The van der Waals surface area contributed by atoms with E-state index in [1.54, 1.807) is 0 Å². The zero-order valence-electron chi connectivity index (χ0n) is 11.6. The Hall–Kier alpha value is -0.940. The van der Waals surface area contributed by atoms with Gasteiger partial charge in [-0.25, -0.2) is 0 Å². The van der Waals surface area contributed by atoms with Crippen LogP contribution in [0.1, 0.15) is 32.6 Å². The molecular formula is C13H25NO4. The predicted molar refractivity (Wildman–Crippen MR) is 66.6 cm³/mol. The van der Waals surface area contributed by atoms with E-state index in [4.69, 9.17) is 5.11 Å². The molecule has 1 N–H and O–H groups in total. The minimum atomic E-state index is -1.08. The van der Waals surface area contributed by atoms with E-state index in [9.17, 15) is 14.7 Å². The van der Waals surface area contributed by atoms with Crippen LogP contribution in [0.5, 0.6) is 0 Å². The van der Waals surface area contributed by atoms with Crippen molar-refractivity contribution in [3.8, 4) is 0 Å². The Labute approximate surface area is 109 Å². The van der Waals surface area contributed by atoms with Crippen LogP contribution >= 0.6 is 0 Å². The summed E-state index contributed by atoms with van der Waals surface area (Å²) < 4.78 is 0.938. The van der Waals surface area contributed by atoms with Crippen molar-refractivity contribution in [3.05, 3.63) is 0 Å². The number of nitrogens with zero attached hydrogens (tertiary/aromatic N) is 1. The van der Waals surface area contributed by atoms with Gasteiger partial charge >= 0.3 is 0 Å². The summed E-state index contributed by atoms with van der Waals surface area (Å²) >= 11 is 0. The summed E-state index contributed by atoms with van der Waals surface area (Å²) in [5.74, 6) is -1.54. The minimum absolute atomic E-state index is 0.0456. The summed E-state index contributed by atoms with van der Waals surface area (Å²) in [6.07, 6.45) is 2.26. The van der Waals surface area contributed by atoms with Crippen LogP contribution in [0.4, 0.5) is 0 Å². The Morgan fingerprint density at radius 1 is 1.44 bits per heavy atom. The number of aliphatic carboxylic acids is 1. The molecule has 1 atom stereocenters. The standard InChI is InChI=1S/C7H18NO.C6H8O3/c1-4-5-8(2,3)6-7-9;7-5-2-1-4(3-5)6(8)9/h9H,4-7H2,1-3H3;4H,1-3H2,(H,8,9)/q+1;/p-1. The Kier molecular flexibility index (Phi) is 7.78. The molecule has 1 aliphatic rings. The van der Waals surface area contributed by atoms with Gasteiger partial charge in [0.25, 0.3) is 0 Å². The molecule has 0 amide bonds. The Morgan fingerprint density at radius 3 is 2.33 bits per heavy atom. The number of ketones is 1. The second-order valence-corrected chi connectivity index (χ2v) is 5.40. The van der Waals surface area contributed by atoms with Gasteiger partial charge in [-0.15, -0.1) is 0 Å². The number of aliphatic hydroxyl groups is 1. The number of carbonyl (C=O) groups excluding carboxylic acids is 2. The van der Waals surface area contributed by atoms with Crippen LogP contribution < -0.4 is 5.11 Å². The number of hydrogen-bond donors (Lipinski definition) is 1. The normalized spacial score (nSPS) is 19.3. The SMILES string of the molecule is CCC[N+](C)(C)CCO.O=C1CCC(C(=O)[O-])C1. The lowest BCUT2D eigenvalue weighted by molar-refractivity contribution is -0.890. The molecule has 1 unspecified atom stereocenters. The summed E-state index contributed by atoms with van der Waals surface area (Å²) in [6, 6.07) is 0. The van der Waals surface area contributed by atoms with E-state index in [0.29, 0.717) is 19.4 Å². The number of likely N-dealkylation sites (N-methyl/N-ethyl adjacent to an activating group) is 1. The summed E-state index contributed by atoms with van der Waals surface area (Å²) in [5.41, 5.74) is 0. The molecule has 1 aliphatic carbocycles. The smallest absolute Gasteiger partial charge is 0.133 e. The highest BCUT2D eigenvalue weighted by molar-refractivity contribution is 5.86. The molecule has 0 heterocycles. The van der Waals surface area contributed by atoms with Crippen LogP contribution in [0.15, 0.2) is 0 Å². The lowest BCUT2D eigenvalue weighted by Gasteiger charge is -2.28. The quantitative estimate of drug-likeness (QED) is 0.680. The molecule has 0 spiro atoms. The largest absolute Gasteiger partial charge is 0.550 e. The fraction of sp³-hybridized carbons (Fsp3) is 0.846. The van der Waals surface area contributed by atoms with Gasteiger partial charge in [-0.2, -0.15) is 0 Å². The zero-order chi connectivity index (χ0) is 14.2. The van der Waals surface area contributed by atoms with Crippen molar-refractivity contribution in [1.82, 2.24) is 0 Å². The monoisotopic (exact) mass is 259 g/mol. The van der Waals surface area contributed by atoms with E-state index < -0.39 is 11.9 Å². The lowest BCUT2D eigenvalue weighted by atomic mass is 10.1. The third kappa shape index (κ3) is 7.40. The number of rotatable bonds is 5. The van der Waals surface area contributed by atoms with Gasteiger partial charge < -0.3 is 19.5 Å². The van der Waals surface area contributed by atoms with Crippen LogP contribution in [-0.2, 0) is 9.59 Å². The first-order chi connectivity index (χ1) is 8.32. The highest BCUT2D eigenvalue weighted by Crippen LogP contribution is 2.20. The predicted octanol–water partition coefficient (Wildman–Crippen LogP) is -0.429. The Morgan fingerprint density at radius 2 is 2.06 bits per heavy atom. The van der Waals surface area contributed by atoms with Gasteiger partial charge in [0.05, 0.1) is 27.2 Å². The van der Waals surface area contributed by atoms with Gasteiger partial charge in [0.1, 0.15) is 12.3 Å². The highest BCUT2D eigenvalue weighted by Gasteiger charge is 2.22. The van der Waals surface area contributed by atoms with Gasteiger partial charge in [0.2, 0.25) is 0 Å². The van der Waals surface area contributed by atoms with Crippen molar-refractivity contribution in [3.63, 3.8) is 0 Å². The summed E-state index contributed by atoms with van der Waals surface area (Å²) in [6.45, 7) is 4.48. The first kappa shape index (κ1) is 17.1. The van der Waals surface area contributed by atoms with Crippen molar-refractivity contribution in [2.45, 2.75) is 32.6 Å². The number of Topliss-reactive ketones (excluding diaryl/α,β-unsaturated/α-hetero) is 1. The van der Waals surface area contributed by atoms with Crippen molar-refractivity contribution < 1.29 is 24.3 Å². The van der Waals surface area contributed by atoms with E-state index in [1.165, 1.54) is 6.42 Å². The third-order valence-electron chi connectivity index (χ3n) is 3.11. The van der Waals surface area contributed by atoms with E-state index >= 15 is 0 Å². The third-order valence-corrected chi connectivity index (χ3v) is 3.11. The van der Waals surface area contributed by atoms with Gasteiger partial charge in [0, 0.05) is 24.7 Å². The molecule has 1 saturated carbocycles. The van der Waals surface area contributed by atoms with Crippen molar-refractivity contribution >= 4 is 11.8 Å². The number of carboxylic acids is 1. The molecule has 0 bridgehead atoms. The van der Waals surface area contributed by atoms with Crippen molar-refractivity contribution in [2.24, 2.45) is 5.92 Å². The number of aliphatic hydroxyl groups excluding tert-OH is 1. The van der Waals surface area contributed by atoms with Crippen molar-refractivity contribution in [2.75, 3.05) is 33.8 Å². The van der Waals surface area contributed by atoms with Gasteiger partial charge in [-0.1, -0.05) is 6.92 Å². The molecule has 0 saturated heterocycles. The fourth-order valence-corrected chi connectivity index (χ4v) is 2.00. The molecular weight excluding hydrogens is 234 g/mol. The number of quaternary nitrogens is 1. The molecule has 0 aromatic heterocycles. The van der Waals surface area contributed by atoms with Crippen LogP contribution in [0.3, 0.4) is 0 Å². The van der Waals surface area contributed by atoms with Gasteiger partial charge in [-0.05, 0) is 12.8 Å². The lowest BCUT2D eigenvalue weighted by Crippen LogP contribution is -2.42. The topological polar surface area (TPSA) is 77.4 Å². The molecule has 1 fully saturated rings. The minimum Gasteiger partial charge on any atom is -0.550 e. The van der Waals surface area contributed by atoms with Crippen LogP contribution in [0, 0.1) is 5.92 Å². The molecule has 0 aromatic carbocycles. The average molecular weight is 259 g/mol. The molecule has 0 aromatic rings. The van der Waals surface area contributed by atoms with E-state index in [-0.39, 0.29) is 12.2 Å². The molecule has 1 rings (SSSR count).